The van der Waals surface area contributed by atoms with Gasteiger partial charge in [-0.2, -0.15) is 0 Å². The summed E-state index contributed by atoms with van der Waals surface area (Å²) < 4.78 is 0. The van der Waals surface area contributed by atoms with Crippen LogP contribution >= 0.6 is 0 Å². The Balaban J connectivity index is 1.40. The third kappa shape index (κ3) is 4.63. The molecule has 0 radical (unpaired) electrons. The first-order valence-electron chi connectivity index (χ1n) is 11.0. The fraction of sp³-hybridized carbons (Fsp3) is 0.185. The van der Waals surface area contributed by atoms with Gasteiger partial charge in [0.15, 0.2) is 0 Å². The molecule has 160 valence electrons. The van der Waals surface area contributed by atoms with E-state index in [0.29, 0.717) is 0 Å². The van der Waals surface area contributed by atoms with Crippen LogP contribution < -0.4 is 4.90 Å². The zero-order chi connectivity index (χ0) is 21.8. The number of phenols is 1. The first kappa shape index (κ1) is 20.2. The average molecular weight is 423 g/mol. The molecule has 1 aliphatic rings. The molecule has 1 fully saturated rings. The molecule has 32 heavy (non-hydrogen) atoms. The highest BCUT2D eigenvalue weighted by Gasteiger charge is 2.20. The van der Waals surface area contributed by atoms with E-state index < -0.39 is 0 Å². The Labute approximate surface area is 188 Å². The molecular formula is C27H26N4O. The molecule has 1 saturated heterocycles. The smallest absolute Gasteiger partial charge is 0.226 e. The van der Waals surface area contributed by atoms with Gasteiger partial charge in [0.25, 0.3) is 0 Å². The molecule has 1 aromatic heterocycles. The maximum Gasteiger partial charge on any atom is 0.226 e. The highest BCUT2D eigenvalue weighted by atomic mass is 16.3. The summed E-state index contributed by atoms with van der Waals surface area (Å²) in [4.78, 5) is 14.6. The highest BCUT2D eigenvalue weighted by molar-refractivity contribution is 5.70. The van der Waals surface area contributed by atoms with Crippen LogP contribution in [-0.4, -0.2) is 46.2 Å². The molecule has 0 atom stereocenters. The van der Waals surface area contributed by atoms with Gasteiger partial charge in [-0.1, -0.05) is 60.7 Å². The predicted molar refractivity (Wildman–Crippen MR) is 129 cm³/mol. The molecule has 0 saturated carbocycles. The van der Waals surface area contributed by atoms with Crippen molar-refractivity contribution in [2.75, 3.05) is 31.1 Å². The minimum atomic E-state index is 0.251. The number of aromatic hydroxyl groups is 1. The summed E-state index contributed by atoms with van der Waals surface area (Å²) in [6.45, 7) is 4.70. The molecule has 0 bridgehead atoms. The predicted octanol–water partition coefficient (Wildman–Crippen LogP) is 4.84. The third-order valence-electron chi connectivity index (χ3n) is 5.85. The van der Waals surface area contributed by atoms with Gasteiger partial charge in [-0.15, -0.1) is 0 Å². The number of nitrogens with zero attached hydrogens (tertiary/aromatic N) is 4. The lowest BCUT2D eigenvalue weighted by atomic mass is 10.1. The first-order chi connectivity index (χ1) is 15.7. The second kappa shape index (κ2) is 9.20. The topological polar surface area (TPSA) is 52.5 Å². The van der Waals surface area contributed by atoms with Gasteiger partial charge < -0.3 is 10.0 Å². The van der Waals surface area contributed by atoms with Crippen LogP contribution in [0.15, 0.2) is 91.0 Å². The van der Waals surface area contributed by atoms with E-state index in [-0.39, 0.29) is 5.75 Å². The minimum absolute atomic E-state index is 0.251. The Morgan fingerprint density at radius 2 is 1.22 bits per heavy atom. The molecule has 5 nitrogen and oxygen atoms in total. The van der Waals surface area contributed by atoms with Crippen LogP contribution in [0, 0.1) is 0 Å². The van der Waals surface area contributed by atoms with Gasteiger partial charge in [-0.25, -0.2) is 9.97 Å². The number of rotatable bonds is 5. The number of piperazine rings is 1. The van der Waals surface area contributed by atoms with Gasteiger partial charge in [0.2, 0.25) is 5.95 Å². The van der Waals surface area contributed by atoms with Crippen LogP contribution in [0.3, 0.4) is 0 Å². The highest BCUT2D eigenvalue weighted by Crippen LogP contribution is 2.28. The molecule has 2 heterocycles. The molecule has 0 amide bonds. The Kier molecular flexibility index (Phi) is 5.81. The maximum absolute atomic E-state index is 9.68. The second-order valence-corrected chi connectivity index (χ2v) is 8.10. The van der Waals surface area contributed by atoms with Crippen molar-refractivity contribution in [2.45, 2.75) is 6.54 Å². The standard InChI is InChI=1S/C27H26N4O/c32-24-13-11-23(12-14-24)26-19-25(22-9-5-2-6-10-22)28-27(29-26)31-17-15-30(16-18-31)20-21-7-3-1-4-8-21/h1-14,19,32H,15-18,20H2. The lowest BCUT2D eigenvalue weighted by Crippen LogP contribution is -2.46. The summed E-state index contributed by atoms with van der Waals surface area (Å²) in [6, 6.07) is 30.0. The molecule has 1 aliphatic heterocycles. The largest absolute Gasteiger partial charge is 0.508 e. The molecular weight excluding hydrogens is 396 g/mol. The quantitative estimate of drug-likeness (QED) is 0.499. The van der Waals surface area contributed by atoms with Crippen LogP contribution in [0.4, 0.5) is 5.95 Å². The van der Waals surface area contributed by atoms with Crippen LogP contribution in [0.1, 0.15) is 5.56 Å². The van der Waals surface area contributed by atoms with Crippen LogP contribution in [-0.2, 0) is 6.54 Å². The number of aromatic nitrogens is 2. The van der Waals surface area contributed by atoms with Gasteiger partial charge in [-0.05, 0) is 35.9 Å². The third-order valence-corrected chi connectivity index (χ3v) is 5.85. The fourth-order valence-electron chi connectivity index (χ4n) is 4.06. The molecule has 0 spiro atoms. The minimum Gasteiger partial charge on any atom is -0.508 e. The number of hydrogen-bond donors (Lipinski definition) is 1. The fourth-order valence-corrected chi connectivity index (χ4v) is 4.06. The van der Waals surface area contributed by atoms with Gasteiger partial charge in [0, 0.05) is 43.9 Å². The molecule has 3 aromatic carbocycles. The van der Waals surface area contributed by atoms with Crippen molar-refractivity contribution in [3.05, 3.63) is 96.6 Å². The van der Waals surface area contributed by atoms with Gasteiger partial charge in [0.05, 0.1) is 11.4 Å². The average Bonchev–Trinajstić information content (AvgIpc) is 2.86. The van der Waals surface area contributed by atoms with E-state index in [9.17, 15) is 5.11 Å². The Morgan fingerprint density at radius 1 is 0.656 bits per heavy atom. The number of phenolic OH excluding ortho intramolecular Hbond substituents is 1. The van der Waals surface area contributed by atoms with E-state index in [1.807, 2.05) is 36.4 Å². The summed E-state index contributed by atoms with van der Waals surface area (Å²) in [5.41, 5.74) is 5.15. The zero-order valence-corrected chi connectivity index (χ0v) is 17.9. The van der Waals surface area contributed by atoms with Crippen molar-refractivity contribution in [1.29, 1.82) is 0 Å². The van der Waals surface area contributed by atoms with Crippen molar-refractivity contribution >= 4 is 5.95 Å². The lowest BCUT2D eigenvalue weighted by molar-refractivity contribution is 0.249. The van der Waals surface area contributed by atoms with E-state index in [2.05, 4.69) is 52.3 Å². The van der Waals surface area contributed by atoms with Crippen molar-refractivity contribution in [2.24, 2.45) is 0 Å². The maximum atomic E-state index is 9.68. The summed E-state index contributed by atoms with van der Waals surface area (Å²) >= 11 is 0. The van der Waals surface area contributed by atoms with Gasteiger partial charge >= 0.3 is 0 Å². The Bertz CT molecular complexity index is 1160. The molecule has 1 N–H and O–H groups in total. The van der Waals surface area contributed by atoms with E-state index in [4.69, 9.17) is 9.97 Å². The number of benzene rings is 3. The molecule has 4 aromatic rings. The van der Waals surface area contributed by atoms with Gasteiger partial charge in [-0.3, -0.25) is 4.90 Å². The molecule has 0 aliphatic carbocycles. The van der Waals surface area contributed by atoms with E-state index in [0.717, 1.165) is 61.2 Å². The Morgan fingerprint density at radius 3 is 1.84 bits per heavy atom. The number of hydrogen-bond acceptors (Lipinski definition) is 5. The van der Waals surface area contributed by atoms with Crippen LogP contribution in [0.25, 0.3) is 22.5 Å². The molecule has 5 heteroatoms. The summed E-state index contributed by atoms with van der Waals surface area (Å²) in [7, 11) is 0. The molecule has 0 unspecified atom stereocenters. The lowest BCUT2D eigenvalue weighted by Gasteiger charge is -2.35. The van der Waals surface area contributed by atoms with E-state index in [1.165, 1.54) is 5.56 Å². The van der Waals surface area contributed by atoms with Crippen LogP contribution in [0.5, 0.6) is 5.75 Å². The van der Waals surface area contributed by atoms with Crippen LogP contribution in [0.2, 0.25) is 0 Å². The first-order valence-corrected chi connectivity index (χ1v) is 11.0. The van der Waals surface area contributed by atoms with Crippen molar-refractivity contribution in [3.63, 3.8) is 0 Å². The second-order valence-electron chi connectivity index (χ2n) is 8.10. The number of anilines is 1. The van der Waals surface area contributed by atoms with Gasteiger partial charge in [0.1, 0.15) is 5.75 Å². The normalized spacial score (nSPS) is 14.4. The van der Waals surface area contributed by atoms with E-state index >= 15 is 0 Å². The summed E-state index contributed by atoms with van der Waals surface area (Å²) in [5.74, 6) is 1.01. The molecule has 5 rings (SSSR count). The monoisotopic (exact) mass is 422 g/mol. The zero-order valence-electron chi connectivity index (χ0n) is 17.9. The van der Waals surface area contributed by atoms with Crippen molar-refractivity contribution in [1.82, 2.24) is 14.9 Å². The Hall–Kier alpha value is -3.70. The van der Waals surface area contributed by atoms with Crippen molar-refractivity contribution in [3.8, 4) is 28.3 Å². The van der Waals surface area contributed by atoms with E-state index in [1.54, 1.807) is 12.1 Å². The summed E-state index contributed by atoms with van der Waals surface area (Å²) in [6.07, 6.45) is 0. The van der Waals surface area contributed by atoms with Crippen molar-refractivity contribution < 1.29 is 5.11 Å². The SMILES string of the molecule is Oc1ccc(-c2cc(-c3ccccc3)nc(N3CCN(Cc4ccccc4)CC3)n2)cc1. The summed E-state index contributed by atoms with van der Waals surface area (Å²) in [5, 5.41) is 9.68.